The first-order valence-electron chi connectivity index (χ1n) is 26.6. The second-order valence-electron chi connectivity index (χ2n) is 16.6. The molecule has 1 atom stereocenters. The van der Waals surface area contributed by atoms with Crippen molar-refractivity contribution in [1.82, 2.24) is 0 Å². The van der Waals surface area contributed by atoms with Crippen LogP contribution in [0.3, 0.4) is 0 Å². The van der Waals surface area contributed by atoms with Crippen molar-refractivity contribution < 1.29 is 28.6 Å². The largest absolute Gasteiger partial charge is 0.462 e. The molecule has 0 spiro atoms. The van der Waals surface area contributed by atoms with E-state index in [0.29, 0.717) is 19.3 Å². The molecule has 0 N–H and O–H groups in total. The number of carbonyl (C=O) groups is 3. The molecule has 0 radical (unpaired) electrons. The Bertz CT molecular complexity index is 1650. The topological polar surface area (TPSA) is 78.9 Å². The molecule has 0 saturated heterocycles. The van der Waals surface area contributed by atoms with Gasteiger partial charge in [0.2, 0.25) is 0 Å². The molecule has 0 fully saturated rings. The predicted octanol–water partition coefficient (Wildman–Crippen LogP) is 18.0. The van der Waals surface area contributed by atoms with Gasteiger partial charge in [0, 0.05) is 19.3 Å². The summed E-state index contributed by atoms with van der Waals surface area (Å²) in [5, 5.41) is 0. The SMILES string of the molecule is CC/C=C/C/C=C/C/C=C/C/C=C/C/C=C/C/C=C/CCC(=O)OC[C@@H](COC(=O)CCCCCCC/C=C/C/C=C/C/C=C/CC)OC(=O)CCC/C=C/C/C=C/C/C=C/C/C=C/C/C=C/CC. The van der Waals surface area contributed by atoms with Gasteiger partial charge in [-0.3, -0.25) is 14.4 Å². The van der Waals surface area contributed by atoms with E-state index < -0.39 is 12.1 Å². The summed E-state index contributed by atoms with van der Waals surface area (Å²) in [6.45, 7) is 6.14. The predicted molar refractivity (Wildman–Crippen MR) is 297 cm³/mol. The van der Waals surface area contributed by atoms with Crippen LogP contribution in [0.25, 0.3) is 0 Å². The van der Waals surface area contributed by atoms with Gasteiger partial charge in [-0.25, -0.2) is 0 Å². The molecule has 0 aliphatic rings. The second-order valence-corrected chi connectivity index (χ2v) is 16.6. The quantitative estimate of drug-likeness (QED) is 0.0262. The molecule has 0 aromatic heterocycles. The van der Waals surface area contributed by atoms with Crippen LogP contribution in [0, 0.1) is 0 Å². The summed E-state index contributed by atoms with van der Waals surface area (Å²) in [4.78, 5) is 38.0. The van der Waals surface area contributed by atoms with Crippen LogP contribution in [0.4, 0.5) is 0 Å². The van der Waals surface area contributed by atoms with Crippen LogP contribution < -0.4 is 0 Å². The number of carbonyl (C=O) groups excluding carboxylic acids is 3. The summed E-state index contributed by atoms with van der Waals surface area (Å²) >= 11 is 0. The van der Waals surface area contributed by atoms with Crippen LogP contribution in [-0.4, -0.2) is 37.2 Å². The van der Waals surface area contributed by atoms with Crippen molar-refractivity contribution in [2.75, 3.05) is 13.2 Å². The zero-order valence-electron chi connectivity index (χ0n) is 43.5. The molecular weight excluding hydrogens is 853 g/mol. The zero-order chi connectivity index (χ0) is 50.0. The average Bonchev–Trinajstić information content (AvgIpc) is 3.35. The zero-order valence-corrected chi connectivity index (χ0v) is 43.5. The minimum atomic E-state index is -0.855. The number of allylic oxidation sites excluding steroid dienone is 28. The highest BCUT2D eigenvalue weighted by molar-refractivity contribution is 5.71. The third-order valence-electron chi connectivity index (χ3n) is 10.2. The fourth-order valence-electron chi connectivity index (χ4n) is 6.34. The standard InChI is InChI=1S/C63H94O6/c1-4-7-10-13-16-19-22-25-28-30-31-33-35-38-41-44-47-50-53-56-62(65)68-59-60(58-67-61(64)55-52-49-46-43-40-37-34-27-24-21-18-15-12-9-6-3)69-63(66)57-54-51-48-45-42-39-36-32-29-26-23-20-17-14-11-8-5-2/h7-12,16-21,25-29,31,33-34,36,38-39,41,45,47-48,50,60H,4-6,13-15,22-24,30,32,35,37,40,42-44,46,49,51-59H2,1-3H3/b10-7+,11-8+,12-9+,19-16+,20-17+,21-18+,28-25+,29-26+,33-31+,34-27+,39-36+,41-38+,48-45+,50-47+/t60-/m1/s1. The van der Waals surface area contributed by atoms with Crippen LogP contribution in [0.15, 0.2) is 170 Å². The van der Waals surface area contributed by atoms with Crippen molar-refractivity contribution >= 4 is 17.9 Å². The van der Waals surface area contributed by atoms with Crippen molar-refractivity contribution in [2.24, 2.45) is 0 Å². The third-order valence-corrected chi connectivity index (χ3v) is 10.2. The fraction of sp³-hybridized carbons (Fsp3) is 0.508. The fourth-order valence-corrected chi connectivity index (χ4v) is 6.34. The Morgan fingerprint density at radius 2 is 0.565 bits per heavy atom. The van der Waals surface area contributed by atoms with Gasteiger partial charge >= 0.3 is 17.9 Å². The highest BCUT2D eigenvalue weighted by atomic mass is 16.6. The lowest BCUT2D eigenvalue weighted by Crippen LogP contribution is -2.30. The van der Waals surface area contributed by atoms with Crippen molar-refractivity contribution in [1.29, 1.82) is 0 Å². The van der Waals surface area contributed by atoms with Gasteiger partial charge in [0.1, 0.15) is 13.2 Å². The Balaban J connectivity index is 4.66. The van der Waals surface area contributed by atoms with E-state index >= 15 is 0 Å². The van der Waals surface area contributed by atoms with Crippen LogP contribution >= 0.6 is 0 Å². The van der Waals surface area contributed by atoms with Crippen LogP contribution in [0.2, 0.25) is 0 Å². The molecule has 0 rings (SSSR count). The van der Waals surface area contributed by atoms with E-state index in [4.69, 9.17) is 14.2 Å². The molecule has 0 saturated carbocycles. The minimum absolute atomic E-state index is 0.142. The molecule has 0 unspecified atom stereocenters. The van der Waals surface area contributed by atoms with E-state index in [2.05, 4.69) is 179 Å². The monoisotopic (exact) mass is 947 g/mol. The average molecular weight is 947 g/mol. The normalized spacial score (nSPS) is 13.5. The molecule has 0 amide bonds. The van der Waals surface area contributed by atoms with Gasteiger partial charge < -0.3 is 14.2 Å². The van der Waals surface area contributed by atoms with Crippen molar-refractivity contribution in [3.05, 3.63) is 170 Å². The van der Waals surface area contributed by atoms with Crippen molar-refractivity contribution in [3.63, 3.8) is 0 Å². The number of unbranched alkanes of at least 4 members (excludes halogenated alkanes) is 6. The van der Waals surface area contributed by atoms with Gasteiger partial charge in [-0.05, 0) is 128 Å². The second kappa shape index (κ2) is 55.4. The highest BCUT2D eigenvalue weighted by Crippen LogP contribution is 2.11. The lowest BCUT2D eigenvalue weighted by molar-refractivity contribution is -0.166. The van der Waals surface area contributed by atoms with Gasteiger partial charge in [0.15, 0.2) is 6.10 Å². The molecule has 6 heteroatoms. The molecule has 0 aliphatic heterocycles. The van der Waals surface area contributed by atoms with E-state index in [1.807, 2.05) is 12.2 Å². The van der Waals surface area contributed by atoms with Crippen LogP contribution in [0.1, 0.15) is 188 Å². The molecule has 0 aromatic carbocycles. The van der Waals surface area contributed by atoms with Gasteiger partial charge in [0.05, 0.1) is 0 Å². The van der Waals surface area contributed by atoms with E-state index in [0.717, 1.165) is 135 Å². The van der Waals surface area contributed by atoms with E-state index in [9.17, 15) is 14.4 Å². The minimum Gasteiger partial charge on any atom is -0.462 e. The summed E-state index contributed by atoms with van der Waals surface area (Å²) < 4.78 is 16.7. The van der Waals surface area contributed by atoms with Crippen molar-refractivity contribution in [2.45, 2.75) is 194 Å². The van der Waals surface area contributed by atoms with Crippen molar-refractivity contribution in [3.8, 4) is 0 Å². The molecule has 0 bridgehead atoms. The maximum Gasteiger partial charge on any atom is 0.306 e. The summed E-state index contributed by atoms with van der Waals surface area (Å²) in [6, 6.07) is 0. The Labute approximate surface area is 422 Å². The molecule has 0 heterocycles. The first kappa shape index (κ1) is 63.8. The van der Waals surface area contributed by atoms with E-state index in [1.165, 1.54) is 0 Å². The molecule has 382 valence electrons. The Hall–Kier alpha value is -5.23. The summed E-state index contributed by atoms with van der Waals surface area (Å²) in [7, 11) is 0. The van der Waals surface area contributed by atoms with E-state index in [-0.39, 0.29) is 38.0 Å². The highest BCUT2D eigenvalue weighted by Gasteiger charge is 2.19. The maximum atomic E-state index is 12.8. The van der Waals surface area contributed by atoms with Gasteiger partial charge in [-0.2, -0.15) is 0 Å². The number of esters is 3. The number of rotatable bonds is 45. The number of hydrogen-bond acceptors (Lipinski definition) is 6. The van der Waals surface area contributed by atoms with Crippen LogP contribution in [-0.2, 0) is 28.6 Å². The smallest absolute Gasteiger partial charge is 0.306 e. The molecular formula is C63H94O6. The molecule has 0 aromatic rings. The number of ether oxygens (including phenoxy) is 3. The van der Waals surface area contributed by atoms with Gasteiger partial charge in [-0.1, -0.05) is 210 Å². The number of hydrogen-bond donors (Lipinski definition) is 0. The Morgan fingerprint density at radius 1 is 0.290 bits per heavy atom. The molecule has 69 heavy (non-hydrogen) atoms. The van der Waals surface area contributed by atoms with Crippen LogP contribution in [0.5, 0.6) is 0 Å². The summed E-state index contributed by atoms with van der Waals surface area (Å²) in [5.41, 5.74) is 0. The first-order chi connectivity index (χ1) is 34.0. The first-order valence-corrected chi connectivity index (χ1v) is 26.6. The third kappa shape index (κ3) is 53.6. The van der Waals surface area contributed by atoms with Gasteiger partial charge in [-0.15, -0.1) is 0 Å². The van der Waals surface area contributed by atoms with Gasteiger partial charge in [0.25, 0.3) is 0 Å². The molecule has 0 aliphatic carbocycles. The molecule has 6 nitrogen and oxygen atoms in total. The lowest BCUT2D eigenvalue weighted by atomic mass is 10.1. The maximum absolute atomic E-state index is 12.8. The summed E-state index contributed by atoms with van der Waals surface area (Å²) in [6.07, 6.45) is 82.1. The van der Waals surface area contributed by atoms with E-state index in [1.54, 1.807) is 0 Å². The lowest BCUT2D eigenvalue weighted by Gasteiger charge is -2.18. The summed E-state index contributed by atoms with van der Waals surface area (Å²) in [5.74, 6) is -1.12. The Morgan fingerprint density at radius 3 is 0.942 bits per heavy atom. The Kier molecular flexibility index (Phi) is 51.2.